The Hall–Kier alpha value is -2.11. The van der Waals surface area contributed by atoms with Gasteiger partial charge in [-0.15, -0.1) is 0 Å². The molecule has 0 unspecified atom stereocenters. The van der Waals surface area contributed by atoms with Gasteiger partial charge in [-0.05, 0) is 391 Å². The van der Waals surface area contributed by atoms with Crippen molar-refractivity contribution in [2.75, 3.05) is 42.7 Å². The van der Waals surface area contributed by atoms with E-state index in [4.69, 9.17) is 9.59 Å². The van der Waals surface area contributed by atoms with Crippen molar-refractivity contribution in [2.24, 2.45) is 117 Å². The molecular weight excluding hydrogens is 1800 g/mol. The number of benzene rings is 3. The maximum Gasteiger partial charge on any atom is 0.676 e. The van der Waals surface area contributed by atoms with E-state index in [-0.39, 0.29) is 10.8 Å². The van der Waals surface area contributed by atoms with Gasteiger partial charge in [-0.25, -0.2) is 0 Å². The molecule has 24 bridgehead atoms. The Kier molecular flexibility index (Phi) is 25.5. The van der Waals surface area contributed by atoms with Gasteiger partial charge in [0.15, 0.2) is 0 Å². The molecule has 24 fully saturated rings. The second kappa shape index (κ2) is 33.5. The smallest absolute Gasteiger partial charge is 0.507 e. The van der Waals surface area contributed by atoms with E-state index in [2.05, 4.69) is 125 Å². The molecule has 0 saturated heterocycles. The van der Waals surface area contributed by atoms with Gasteiger partial charge < -0.3 is 51.5 Å². The Bertz CT molecular complexity index is 3230. The van der Waals surface area contributed by atoms with Gasteiger partial charge in [0.05, 0.1) is 0 Å². The molecule has 0 aliphatic heterocycles. The van der Waals surface area contributed by atoms with Gasteiger partial charge in [0.2, 0.25) is 0 Å². The molecule has 24 aliphatic rings. The minimum absolute atomic E-state index is 0.187. The van der Waals surface area contributed by atoms with E-state index in [0.29, 0.717) is 32.5 Å². The van der Waals surface area contributed by atoms with Crippen molar-refractivity contribution in [1.29, 1.82) is 0 Å². The maximum absolute atomic E-state index is 11.8. The van der Waals surface area contributed by atoms with Crippen molar-refractivity contribution in [3.63, 3.8) is 0 Å². The summed E-state index contributed by atoms with van der Waals surface area (Å²) in [5.74, 6) is 19.2. The predicted molar refractivity (Wildman–Crippen MR) is 448 cm³/mol. The van der Waals surface area contributed by atoms with Crippen molar-refractivity contribution in [2.45, 2.75) is 326 Å². The van der Waals surface area contributed by atoms with Gasteiger partial charge in [0, 0.05) is 76.0 Å². The molecule has 5 N–H and O–H groups in total. The molecule has 0 spiro atoms. The third kappa shape index (κ3) is 17.9. The largest absolute Gasteiger partial charge is 0.676 e. The summed E-state index contributed by atoms with van der Waals surface area (Å²) in [4.78, 5) is 17.8. The van der Waals surface area contributed by atoms with Gasteiger partial charge in [-0.1, -0.05) is 53.1 Å². The first kappa shape index (κ1) is 86.8. The van der Waals surface area contributed by atoms with Crippen LogP contribution in [-0.2, 0) is 102 Å². The number of phenolic OH excluding ortho intramolecular Hbond substituents is 3. The van der Waals surface area contributed by atoms with E-state index in [1.54, 1.807) is 0 Å². The molecular formula is C97H148O13Si2W2. The molecule has 634 valence electrons. The Labute approximate surface area is 705 Å². The van der Waals surface area contributed by atoms with Crippen LogP contribution in [0, 0.1) is 138 Å². The molecule has 0 atom stereocenters. The first-order valence-corrected chi connectivity index (χ1v) is 54.7. The number of hydrogen-bond acceptors (Lipinski definition) is 13. The standard InChI is InChI=1S/3C27H36O.2C5H10.2C3H10O4Si.2O.2W/c3*1-16-2-23(26-10-17-4-18(11-26)6-19(5-17)12-26)25(28)24(3-16)27-13-20-7-21(14-27)9-22(8-20)15-27;2*1-5(2,3)4;2*1-5-8(4,6-2)7-3;;;;/h3*2-3,17-22,28H,4-15H2,1H3;2*1H,2-4H3;2*4H,1-3H3;;;;. The molecule has 24 saturated carbocycles. The van der Waals surface area contributed by atoms with E-state index in [0.717, 1.165) is 124 Å². The molecule has 3 aromatic rings. The number of hydrogen-bond donors (Lipinski definition) is 5. The fraction of sp³-hybridized carbons (Fsp3) is 0.794. The van der Waals surface area contributed by atoms with Gasteiger partial charge in [-0.3, -0.25) is 0 Å². The predicted octanol–water partition coefficient (Wildman–Crippen LogP) is 21.1. The van der Waals surface area contributed by atoms with E-state index < -0.39 is 54.2 Å². The summed E-state index contributed by atoms with van der Waals surface area (Å²) >= 11 is -2.53. The summed E-state index contributed by atoms with van der Waals surface area (Å²) in [5, 5.41) is 35.5. The summed E-state index contributed by atoms with van der Waals surface area (Å²) in [5.41, 5.74) is 14.8. The van der Waals surface area contributed by atoms with E-state index in [9.17, 15) is 22.1 Å². The second-order valence-electron chi connectivity index (χ2n) is 45.2. The molecule has 17 heteroatoms. The molecule has 27 rings (SSSR count). The molecule has 0 radical (unpaired) electrons. The number of rotatable bonds is 12. The Morgan fingerprint density at radius 1 is 0.281 bits per heavy atom. The van der Waals surface area contributed by atoms with Crippen LogP contribution in [0.1, 0.15) is 323 Å². The molecule has 0 heterocycles. The van der Waals surface area contributed by atoms with Gasteiger partial charge in [0.1, 0.15) is 17.2 Å². The molecule has 24 aliphatic carbocycles. The van der Waals surface area contributed by atoms with E-state index in [1.165, 1.54) is 324 Å². The van der Waals surface area contributed by atoms with Crippen molar-refractivity contribution < 1.29 is 94.4 Å². The fourth-order valence-electron chi connectivity index (χ4n) is 32.2. The monoisotopic (exact) mass is 1940 g/mol. The number of phenols is 3. The zero-order valence-electron chi connectivity index (χ0n) is 72.8. The van der Waals surface area contributed by atoms with Crippen molar-refractivity contribution >= 4 is 26.9 Å². The summed E-state index contributed by atoms with van der Waals surface area (Å²) in [7, 11) is 1.65. The molecule has 114 heavy (non-hydrogen) atoms. The van der Waals surface area contributed by atoms with Crippen LogP contribution in [0.15, 0.2) is 36.4 Å². The average molecular weight is 1950 g/mol. The van der Waals surface area contributed by atoms with Crippen LogP contribution in [0.25, 0.3) is 0 Å². The summed E-state index contributed by atoms with van der Waals surface area (Å²) in [6, 6.07) is 14.5. The Morgan fingerprint density at radius 2 is 0.395 bits per heavy atom. The van der Waals surface area contributed by atoms with Crippen LogP contribution in [0.3, 0.4) is 0 Å². The van der Waals surface area contributed by atoms with Crippen LogP contribution in [0.2, 0.25) is 0 Å². The fourth-order valence-corrected chi connectivity index (χ4v) is 35.3. The maximum atomic E-state index is 11.8. The average Bonchev–Trinajstić information content (AvgIpc) is 0.716. The van der Waals surface area contributed by atoms with Crippen LogP contribution in [0.4, 0.5) is 0 Å². The molecule has 3 aromatic carbocycles. The Balaban J connectivity index is 0.000000114. The first-order chi connectivity index (χ1) is 54.0. The molecule has 0 aromatic heterocycles. The molecule has 13 nitrogen and oxygen atoms in total. The normalized spacial score (nSPS) is 40.2. The van der Waals surface area contributed by atoms with Crippen molar-refractivity contribution in [1.82, 2.24) is 0 Å². The quantitative estimate of drug-likeness (QED) is 0.108. The molecule has 0 amide bonds. The van der Waals surface area contributed by atoms with Gasteiger partial charge in [-0.2, -0.15) is 0 Å². The van der Waals surface area contributed by atoms with Crippen molar-refractivity contribution in [3.8, 4) is 17.2 Å². The van der Waals surface area contributed by atoms with Crippen LogP contribution >= 0.6 is 0 Å². The zero-order chi connectivity index (χ0) is 81.1. The number of aromatic hydroxyl groups is 3. The van der Waals surface area contributed by atoms with Gasteiger partial charge in [0.25, 0.3) is 0 Å². The minimum atomic E-state index is -3.17. The summed E-state index contributed by atoms with van der Waals surface area (Å²) < 4.78 is 50.9. The van der Waals surface area contributed by atoms with E-state index >= 15 is 0 Å². The zero-order valence-corrected chi connectivity index (χ0v) is 80.7. The third-order valence-corrected chi connectivity index (χ3v) is 42.6. The third-order valence-electron chi connectivity index (χ3n) is 33.8. The SMILES string of the molecule is CC(C)(C)[CH]=[W]=[O].CC(C)(C)[CH]=[W]=[O].CO[Si](O)(OC)OC.CO[Si](O)(OC)OC.Cc1cc(C23CC4CC(CC(C4)C2)C3)c(O)c(C23CC4CC(CC(C4)C2)C3)c1.Cc1cc(C23CC4CC(CC(C4)C2)C3)c(O)c(C23CC4CC(CC(C4)C2)C3)c1.Cc1cc(C23CC4CC(CC(C4)C2)C3)c(O)c(C23CC4CC(CC(C4)C2)C3)c1. The Morgan fingerprint density at radius 3 is 0.465 bits per heavy atom. The van der Waals surface area contributed by atoms with Crippen LogP contribution < -0.4 is 0 Å². The number of aryl methyl sites for hydroxylation is 3. The minimum Gasteiger partial charge on any atom is -0.507 e. The first-order valence-electron chi connectivity index (χ1n) is 45.5. The van der Waals surface area contributed by atoms with Crippen molar-refractivity contribution in [3.05, 3.63) is 86.5 Å². The topological polar surface area (TPSA) is 191 Å². The summed E-state index contributed by atoms with van der Waals surface area (Å²) in [6.45, 7) is 19.3. The van der Waals surface area contributed by atoms with Gasteiger partial charge >= 0.3 is 122 Å². The summed E-state index contributed by atoms with van der Waals surface area (Å²) in [6.07, 6.45) is 51.1. The van der Waals surface area contributed by atoms with E-state index in [1.807, 2.05) is 8.80 Å². The van der Waals surface area contributed by atoms with Crippen LogP contribution in [0.5, 0.6) is 17.2 Å². The van der Waals surface area contributed by atoms with Crippen LogP contribution in [-0.4, -0.2) is 94.5 Å². The second-order valence-corrected chi connectivity index (χ2v) is 52.9.